The Labute approximate surface area is 103 Å². The molecule has 1 rings (SSSR count). The zero-order valence-corrected chi connectivity index (χ0v) is 10.3. The van der Waals surface area contributed by atoms with Crippen molar-refractivity contribution in [3.63, 3.8) is 0 Å². The summed E-state index contributed by atoms with van der Waals surface area (Å²) in [5, 5.41) is 9.28. The number of aliphatic carboxylic acids is 1. The molecule has 86 valence electrons. The average molecular weight is 258 g/mol. The van der Waals surface area contributed by atoms with Gasteiger partial charge in [0.15, 0.2) is 0 Å². The maximum Gasteiger partial charge on any atom is 0.330 e. The third-order valence-electron chi connectivity index (χ3n) is 1.92. The van der Waals surface area contributed by atoms with Crippen molar-refractivity contribution >= 4 is 35.0 Å². The molecule has 0 heterocycles. The summed E-state index contributed by atoms with van der Waals surface area (Å²) in [6.07, 6.45) is 1.65. The van der Waals surface area contributed by atoms with Crippen LogP contribution in [-0.4, -0.2) is 16.8 Å². The molecule has 0 saturated carbocycles. The van der Waals surface area contributed by atoms with Gasteiger partial charge in [-0.15, -0.1) is 11.8 Å². The minimum Gasteiger partial charge on any atom is -0.478 e. The van der Waals surface area contributed by atoms with Crippen LogP contribution in [-0.2, 0) is 4.79 Å². The first kappa shape index (κ1) is 12.9. The Bertz CT molecular complexity index is 432. The van der Waals surface area contributed by atoms with Crippen molar-refractivity contribution in [2.75, 3.05) is 11.5 Å². The molecular weight excluding hydrogens is 246 g/mol. The van der Waals surface area contributed by atoms with Crippen LogP contribution in [0, 0.1) is 0 Å². The molecule has 0 aliphatic heterocycles. The highest BCUT2D eigenvalue weighted by atomic mass is 35.5. The molecule has 0 radical (unpaired) electrons. The number of halogens is 1. The molecular formula is C11H12ClNO2S. The second-order valence-corrected chi connectivity index (χ2v) is 4.66. The summed E-state index contributed by atoms with van der Waals surface area (Å²) in [5.41, 5.74) is 6.60. The third kappa shape index (κ3) is 3.79. The van der Waals surface area contributed by atoms with Crippen LogP contribution < -0.4 is 5.73 Å². The maximum absolute atomic E-state index is 10.5. The first-order valence-electron chi connectivity index (χ1n) is 4.58. The Balaban J connectivity index is 2.65. The van der Waals surface area contributed by atoms with E-state index in [1.54, 1.807) is 31.2 Å². The summed E-state index contributed by atoms with van der Waals surface area (Å²) in [6, 6.07) is 5.23. The molecule has 0 saturated heterocycles. The molecule has 16 heavy (non-hydrogen) atoms. The largest absolute Gasteiger partial charge is 0.478 e. The van der Waals surface area contributed by atoms with Gasteiger partial charge in [-0.05, 0) is 25.1 Å². The fourth-order valence-electron chi connectivity index (χ4n) is 0.974. The molecule has 0 bridgehead atoms. The van der Waals surface area contributed by atoms with Gasteiger partial charge in [0.05, 0.1) is 5.02 Å². The first-order chi connectivity index (χ1) is 7.50. The van der Waals surface area contributed by atoms with Gasteiger partial charge in [0.1, 0.15) is 0 Å². The maximum atomic E-state index is 10.5. The fraction of sp³-hybridized carbons (Fsp3) is 0.182. The smallest absolute Gasteiger partial charge is 0.330 e. The molecule has 0 amide bonds. The summed E-state index contributed by atoms with van der Waals surface area (Å²) in [7, 11) is 0. The fourth-order valence-corrected chi connectivity index (χ4v) is 2.19. The number of nitrogens with two attached hydrogens (primary N) is 1. The van der Waals surface area contributed by atoms with E-state index in [0.717, 1.165) is 4.90 Å². The van der Waals surface area contributed by atoms with Crippen molar-refractivity contribution in [1.29, 1.82) is 0 Å². The molecule has 0 aliphatic carbocycles. The lowest BCUT2D eigenvalue weighted by Crippen LogP contribution is -1.96. The zero-order chi connectivity index (χ0) is 12.1. The van der Waals surface area contributed by atoms with Crippen LogP contribution in [0.5, 0.6) is 0 Å². The van der Waals surface area contributed by atoms with E-state index in [4.69, 9.17) is 22.4 Å². The molecule has 3 N–H and O–H groups in total. The highest BCUT2D eigenvalue weighted by Crippen LogP contribution is 2.29. The second kappa shape index (κ2) is 5.82. The van der Waals surface area contributed by atoms with Gasteiger partial charge in [-0.2, -0.15) is 0 Å². The Morgan fingerprint density at radius 2 is 2.31 bits per heavy atom. The molecule has 0 aliphatic rings. The van der Waals surface area contributed by atoms with Crippen molar-refractivity contribution in [2.45, 2.75) is 11.8 Å². The van der Waals surface area contributed by atoms with E-state index < -0.39 is 5.97 Å². The zero-order valence-electron chi connectivity index (χ0n) is 8.74. The number of carboxylic acids is 1. The van der Waals surface area contributed by atoms with Gasteiger partial charge in [-0.1, -0.05) is 17.7 Å². The molecule has 0 spiro atoms. The predicted octanol–water partition coefficient (Wildman–Crippen LogP) is 3.05. The predicted molar refractivity (Wildman–Crippen MR) is 68.0 cm³/mol. The van der Waals surface area contributed by atoms with E-state index in [1.807, 2.05) is 0 Å². The Hall–Kier alpha value is -1.13. The summed E-state index contributed by atoms with van der Waals surface area (Å²) < 4.78 is 0. The number of thioether (sulfide) groups is 1. The number of nitrogen functional groups attached to an aromatic ring is 1. The second-order valence-electron chi connectivity index (χ2n) is 3.19. The minimum atomic E-state index is -0.903. The Kier molecular flexibility index (Phi) is 4.71. The lowest BCUT2D eigenvalue weighted by molar-refractivity contribution is -0.132. The molecule has 1 aromatic rings. The van der Waals surface area contributed by atoms with Gasteiger partial charge in [0.25, 0.3) is 0 Å². The van der Waals surface area contributed by atoms with E-state index in [-0.39, 0.29) is 0 Å². The van der Waals surface area contributed by atoms with Gasteiger partial charge < -0.3 is 10.8 Å². The summed E-state index contributed by atoms with van der Waals surface area (Å²) in [6.45, 7) is 1.56. The van der Waals surface area contributed by atoms with Gasteiger partial charge in [0.2, 0.25) is 0 Å². The number of anilines is 1. The minimum absolute atomic E-state index is 0.326. The molecule has 0 fully saturated rings. The molecule has 0 aromatic heterocycles. The van der Waals surface area contributed by atoms with E-state index in [2.05, 4.69) is 0 Å². The summed E-state index contributed by atoms with van der Waals surface area (Å²) in [5.74, 6) is -0.347. The van der Waals surface area contributed by atoms with E-state index >= 15 is 0 Å². The number of hydrogen-bond acceptors (Lipinski definition) is 3. The number of benzene rings is 1. The first-order valence-corrected chi connectivity index (χ1v) is 5.95. The van der Waals surface area contributed by atoms with Crippen LogP contribution in [0.15, 0.2) is 34.7 Å². The quantitative estimate of drug-likeness (QED) is 0.494. The van der Waals surface area contributed by atoms with Gasteiger partial charge >= 0.3 is 5.97 Å². The van der Waals surface area contributed by atoms with Crippen LogP contribution in [0.3, 0.4) is 0 Å². The molecule has 5 heteroatoms. The molecule has 1 aromatic carbocycles. The summed E-state index contributed by atoms with van der Waals surface area (Å²) >= 11 is 7.42. The molecule has 0 unspecified atom stereocenters. The van der Waals surface area contributed by atoms with Crippen molar-refractivity contribution in [1.82, 2.24) is 0 Å². The SMILES string of the molecule is CC(=CCSc1cc(N)ccc1Cl)C(=O)O. The van der Waals surface area contributed by atoms with Crippen LogP contribution >= 0.6 is 23.4 Å². The monoisotopic (exact) mass is 257 g/mol. The van der Waals surface area contributed by atoms with Crippen LogP contribution in [0.2, 0.25) is 5.02 Å². The standard InChI is InChI=1S/C11H12ClNO2S/c1-7(11(14)15)4-5-16-10-6-8(13)2-3-9(10)12/h2-4,6H,5,13H2,1H3,(H,14,15). The molecule has 0 atom stereocenters. The van der Waals surface area contributed by atoms with Crippen molar-refractivity contribution in [3.05, 3.63) is 34.9 Å². The number of carbonyl (C=O) groups is 1. The van der Waals surface area contributed by atoms with Gasteiger partial charge in [-0.3, -0.25) is 0 Å². The topological polar surface area (TPSA) is 63.3 Å². The Morgan fingerprint density at radius 3 is 2.94 bits per heavy atom. The van der Waals surface area contributed by atoms with Crippen molar-refractivity contribution < 1.29 is 9.90 Å². The van der Waals surface area contributed by atoms with Crippen molar-refractivity contribution in [2.24, 2.45) is 0 Å². The van der Waals surface area contributed by atoms with Crippen LogP contribution in [0.1, 0.15) is 6.92 Å². The van der Waals surface area contributed by atoms with Gasteiger partial charge in [0, 0.05) is 21.9 Å². The number of carboxylic acid groups (broad SMARTS) is 1. The van der Waals surface area contributed by atoms with Gasteiger partial charge in [-0.25, -0.2) is 4.79 Å². The Morgan fingerprint density at radius 1 is 1.62 bits per heavy atom. The third-order valence-corrected chi connectivity index (χ3v) is 3.34. The van der Waals surface area contributed by atoms with E-state index in [0.29, 0.717) is 22.0 Å². The number of rotatable bonds is 4. The van der Waals surface area contributed by atoms with Crippen LogP contribution in [0.4, 0.5) is 5.69 Å². The normalized spacial score (nSPS) is 11.5. The average Bonchev–Trinajstić information content (AvgIpc) is 2.22. The van der Waals surface area contributed by atoms with E-state index in [9.17, 15) is 4.79 Å². The highest BCUT2D eigenvalue weighted by molar-refractivity contribution is 7.99. The molecule has 3 nitrogen and oxygen atoms in total. The lowest BCUT2D eigenvalue weighted by Gasteiger charge is -2.03. The van der Waals surface area contributed by atoms with Crippen molar-refractivity contribution in [3.8, 4) is 0 Å². The lowest BCUT2D eigenvalue weighted by atomic mass is 10.3. The number of hydrogen-bond donors (Lipinski definition) is 2. The van der Waals surface area contributed by atoms with Crippen LogP contribution in [0.25, 0.3) is 0 Å². The summed E-state index contributed by atoms with van der Waals surface area (Å²) in [4.78, 5) is 11.4. The van der Waals surface area contributed by atoms with E-state index in [1.165, 1.54) is 11.8 Å². The highest BCUT2D eigenvalue weighted by Gasteiger charge is 2.02.